The van der Waals surface area contributed by atoms with Crippen molar-refractivity contribution in [2.45, 2.75) is 6.54 Å². The lowest BCUT2D eigenvalue weighted by molar-refractivity contribution is -0.155. The second-order valence-corrected chi connectivity index (χ2v) is 4.77. The summed E-state index contributed by atoms with van der Waals surface area (Å²) in [6, 6.07) is 4.46. The number of carbonyl (C=O) groups excluding carboxylic acids is 2. The molecule has 21 heavy (non-hydrogen) atoms. The van der Waals surface area contributed by atoms with E-state index in [1.807, 2.05) is 0 Å². The summed E-state index contributed by atoms with van der Waals surface area (Å²) in [4.78, 5) is 26.4. The Balaban J connectivity index is 2.16. The van der Waals surface area contributed by atoms with Crippen LogP contribution in [0.5, 0.6) is 0 Å². The van der Waals surface area contributed by atoms with E-state index >= 15 is 0 Å². The SMILES string of the molecule is CN1CCN(Cc2ccc(F)c(C#CCN)c2)C(=O)C1=O. The molecule has 1 aliphatic rings. The molecule has 0 unspecified atom stereocenters. The number of likely N-dealkylation sites (N-methyl/N-ethyl adjacent to an activating group) is 1. The molecule has 2 amide bonds. The van der Waals surface area contributed by atoms with Crippen molar-refractivity contribution >= 4 is 11.8 Å². The van der Waals surface area contributed by atoms with Gasteiger partial charge in [-0.25, -0.2) is 4.39 Å². The zero-order valence-electron chi connectivity index (χ0n) is 11.7. The van der Waals surface area contributed by atoms with Crippen LogP contribution < -0.4 is 5.73 Å². The zero-order chi connectivity index (χ0) is 15.4. The molecule has 0 radical (unpaired) electrons. The number of hydrogen-bond acceptors (Lipinski definition) is 3. The van der Waals surface area contributed by atoms with Gasteiger partial charge in [0.2, 0.25) is 0 Å². The van der Waals surface area contributed by atoms with Crippen molar-refractivity contribution in [3.05, 3.63) is 35.1 Å². The quantitative estimate of drug-likeness (QED) is 0.612. The van der Waals surface area contributed by atoms with E-state index in [1.54, 1.807) is 19.2 Å². The van der Waals surface area contributed by atoms with E-state index in [9.17, 15) is 14.0 Å². The summed E-state index contributed by atoms with van der Waals surface area (Å²) in [7, 11) is 1.59. The normalized spacial score (nSPS) is 15.0. The second kappa shape index (κ2) is 6.37. The number of halogens is 1. The number of nitrogens with zero attached hydrogens (tertiary/aromatic N) is 2. The zero-order valence-corrected chi connectivity index (χ0v) is 11.7. The van der Waals surface area contributed by atoms with Crippen LogP contribution >= 0.6 is 0 Å². The molecule has 2 N–H and O–H groups in total. The standard InChI is InChI=1S/C15H16FN3O2/c1-18-7-8-19(15(21)14(18)20)10-11-4-5-13(16)12(9-11)3-2-6-17/h4-5,9H,6-8,10,17H2,1H3. The first-order valence-corrected chi connectivity index (χ1v) is 6.54. The van der Waals surface area contributed by atoms with Crippen molar-refractivity contribution in [3.8, 4) is 11.8 Å². The summed E-state index contributed by atoms with van der Waals surface area (Å²) < 4.78 is 13.6. The summed E-state index contributed by atoms with van der Waals surface area (Å²) in [6.45, 7) is 1.36. The highest BCUT2D eigenvalue weighted by Crippen LogP contribution is 2.14. The molecule has 0 atom stereocenters. The number of carbonyl (C=O) groups is 2. The van der Waals surface area contributed by atoms with Crippen LogP contribution in [-0.2, 0) is 16.1 Å². The van der Waals surface area contributed by atoms with Gasteiger partial charge in [-0.2, -0.15) is 0 Å². The maximum Gasteiger partial charge on any atom is 0.312 e. The number of amides is 2. The highest BCUT2D eigenvalue weighted by Gasteiger charge is 2.30. The fourth-order valence-corrected chi connectivity index (χ4v) is 2.06. The molecule has 0 saturated carbocycles. The highest BCUT2D eigenvalue weighted by atomic mass is 19.1. The lowest BCUT2D eigenvalue weighted by Gasteiger charge is -2.31. The van der Waals surface area contributed by atoms with E-state index in [4.69, 9.17) is 5.73 Å². The molecule has 2 rings (SSSR count). The topological polar surface area (TPSA) is 66.6 Å². The summed E-state index contributed by atoms with van der Waals surface area (Å²) >= 11 is 0. The smallest absolute Gasteiger partial charge is 0.312 e. The van der Waals surface area contributed by atoms with Crippen LogP contribution in [0.2, 0.25) is 0 Å². The molecule has 0 aromatic heterocycles. The van der Waals surface area contributed by atoms with Gasteiger partial charge in [0.1, 0.15) is 5.82 Å². The third-order valence-corrected chi connectivity index (χ3v) is 3.25. The van der Waals surface area contributed by atoms with Crippen LogP contribution in [0.3, 0.4) is 0 Å². The fourth-order valence-electron chi connectivity index (χ4n) is 2.06. The molecule has 1 fully saturated rings. The van der Waals surface area contributed by atoms with Gasteiger partial charge in [0.15, 0.2) is 0 Å². The van der Waals surface area contributed by atoms with Crippen molar-refractivity contribution in [2.24, 2.45) is 5.73 Å². The van der Waals surface area contributed by atoms with Gasteiger partial charge < -0.3 is 15.5 Å². The van der Waals surface area contributed by atoms with Gasteiger partial charge in [0.05, 0.1) is 12.1 Å². The number of piperazine rings is 1. The van der Waals surface area contributed by atoms with Gasteiger partial charge in [-0.15, -0.1) is 0 Å². The highest BCUT2D eigenvalue weighted by molar-refractivity contribution is 6.35. The molecule has 0 bridgehead atoms. The average molecular weight is 289 g/mol. The van der Waals surface area contributed by atoms with Crippen LogP contribution in [0.1, 0.15) is 11.1 Å². The lowest BCUT2D eigenvalue weighted by Crippen LogP contribution is -2.52. The molecule has 0 spiro atoms. The van der Waals surface area contributed by atoms with Gasteiger partial charge in [0.25, 0.3) is 0 Å². The molecule has 1 aromatic rings. The first-order chi connectivity index (χ1) is 10.0. The Morgan fingerprint density at radius 3 is 2.76 bits per heavy atom. The van der Waals surface area contributed by atoms with E-state index in [0.717, 1.165) is 5.56 Å². The van der Waals surface area contributed by atoms with E-state index in [0.29, 0.717) is 13.1 Å². The number of rotatable bonds is 2. The van der Waals surface area contributed by atoms with Crippen LogP contribution in [0.15, 0.2) is 18.2 Å². The molecular formula is C15H16FN3O2. The summed E-state index contributed by atoms with van der Waals surface area (Å²) in [5.74, 6) is 3.75. The Kier molecular flexibility index (Phi) is 4.55. The predicted octanol–water partition coefficient (Wildman–Crippen LogP) is -0.0635. The molecule has 110 valence electrons. The minimum Gasteiger partial charge on any atom is -0.336 e. The Morgan fingerprint density at radius 1 is 1.29 bits per heavy atom. The van der Waals surface area contributed by atoms with Gasteiger partial charge >= 0.3 is 11.8 Å². The Bertz CT molecular complexity index is 634. The summed E-state index contributed by atoms with van der Waals surface area (Å²) in [5.41, 5.74) is 6.24. The first kappa shape index (κ1) is 15.0. The number of hydrogen-bond donors (Lipinski definition) is 1. The van der Waals surface area contributed by atoms with Crippen molar-refractivity contribution in [2.75, 3.05) is 26.7 Å². The van der Waals surface area contributed by atoms with Crippen LogP contribution in [0.4, 0.5) is 4.39 Å². The number of benzene rings is 1. The molecule has 0 aliphatic carbocycles. The monoisotopic (exact) mass is 289 g/mol. The second-order valence-electron chi connectivity index (χ2n) is 4.77. The Hall–Kier alpha value is -2.39. The summed E-state index contributed by atoms with van der Waals surface area (Å²) in [5, 5.41) is 0. The minimum absolute atomic E-state index is 0.148. The maximum atomic E-state index is 13.6. The Labute approximate surface area is 122 Å². The fraction of sp³-hybridized carbons (Fsp3) is 0.333. The molecule has 6 heteroatoms. The maximum absolute atomic E-state index is 13.6. The van der Waals surface area contributed by atoms with Gasteiger partial charge in [-0.05, 0) is 17.7 Å². The first-order valence-electron chi connectivity index (χ1n) is 6.54. The molecular weight excluding hydrogens is 273 g/mol. The van der Waals surface area contributed by atoms with Crippen LogP contribution in [-0.4, -0.2) is 48.3 Å². The third kappa shape index (κ3) is 3.38. The molecule has 1 heterocycles. The minimum atomic E-state index is -0.539. The van der Waals surface area contributed by atoms with Crippen LogP contribution in [0.25, 0.3) is 0 Å². The van der Waals surface area contributed by atoms with Gasteiger partial charge in [0, 0.05) is 26.7 Å². The van der Waals surface area contributed by atoms with Crippen molar-refractivity contribution in [1.82, 2.24) is 9.80 Å². The van der Waals surface area contributed by atoms with Crippen molar-refractivity contribution < 1.29 is 14.0 Å². The predicted molar refractivity (Wildman–Crippen MR) is 75.4 cm³/mol. The number of nitrogens with two attached hydrogens (primary N) is 1. The summed E-state index contributed by atoms with van der Waals surface area (Å²) in [6.07, 6.45) is 0. The van der Waals surface area contributed by atoms with Crippen molar-refractivity contribution in [3.63, 3.8) is 0 Å². The molecule has 1 saturated heterocycles. The molecule has 1 aromatic carbocycles. The van der Waals surface area contributed by atoms with E-state index in [2.05, 4.69) is 11.8 Å². The van der Waals surface area contributed by atoms with Crippen molar-refractivity contribution in [1.29, 1.82) is 0 Å². The van der Waals surface area contributed by atoms with Gasteiger partial charge in [-0.3, -0.25) is 9.59 Å². The van der Waals surface area contributed by atoms with Gasteiger partial charge in [-0.1, -0.05) is 17.9 Å². The average Bonchev–Trinajstić information content (AvgIpc) is 2.48. The third-order valence-electron chi connectivity index (χ3n) is 3.25. The largest absolute Gasteiger partial charge is 0.336 e. The van der Waals surface area contributed by atoms with E-state index in [1.165, 1.54) is 15.9 Å². The molecule has 5 nitrogen and oxygen atoms in total. The Morgan fingerprint density at radius 2 is 2.05 bits per heavy atom. The van der Waals surface area contributed by atoms with E-state index in [-0.39, 0.29) is 18.7 Å². The van der Waals surface area contributed by atoms with E-state index < -0.39 is 17.6 Å². The van der Waals surface area contributed by atoms with Crippen LogP contribution in [0, 0.1) is 17.7 Å². The lowest BCUT2D eigenvalue weighted by atomic mass is 10.1. The molecule has 1 aliphatic heterocycles.